The first kappa shape index (κ1) is 14.7. The number of anilines is 2. The van der Waals surface area contributed by atoms with Crippen molar-refractivity contribution in [1.29, 1.82) is 0 Å². The van der Waals surface area contributed by atoms with Gasteiger partial charge in [-0.25, -0.2) is 4.79 Å². The second kappa shape index (κ2) is 6.64. The predicted molar refractivity (Wildman–Crippen MR) is 82.6 cm³/mol. The fourth-order valence-electron chi connectivity index (χ4n) is 2.77. The van der Waals surface area contributed by atoms with Crippen LogP contribution in [0.1, 0.15) is 43.5 Å². The Hall–Kier alpha value is -1.71. The Morgan fingerprint density at radius 1 is 1.45 bits per heavy atom. The molecule has 1 aromatic carbocycles. The average Bonchev–Trinajstić information content (AvgIpc) is 2.47. The number of piperidine rings is 1. The van der Waals surface area contributed by atoms with Gasteiger partial charge in [0.1, 0.15) is 0 Å². The number of esters is 1. The van der Waals surface area contributed by atoms with E-state index >= 15 is 0 Å². The van der Waals surface area contributed by atoms with Gasteiger partial charge < -0.3 is 15.0 Å². The lowest BCUT2D eigenvalue weighted by atomic mass is 10.0. The van der Waals surface area contributed by atoms with E-state index in [9.17, 15) is 4.79 Å². The predicted octanol–water partition coefficient (Wildman–Crippen LogP) is 3.28. The quantitative estimate of drug-likeness (QED) is 0.857. The number of carbonyl (C=O) groups is 1. The minimum absolute atomic E-state index is 0.239. The lowest BCUT2D eigenvalue weighted by molar-refractivity contribution is 0.0527. The summed E-state index contributed by atoms with van der Waals surface area (Å²) in [4.78, 5) is 14.5. The highest BCUT2D eigenvalue weighted by atomic mass is 16.5. The van der Waals surface area contributed by atoms with Crippen molar-refractivity contribution in [3.63, 3.8) is 0 Å². The molecule has 1 N–H and O–H groups in total. The molecule has 4 nitrogen and oxygen atoms in total. The van der Waals surface area contributed by atoms with Crippen molar-refractivity contribution in [1.82, 2.24) is 0 Å². The van der Waals surface area contributed by atoms with Gasteiger partial charge in [-0.2, -0.15) is 0 Å². The Morgan fingerprint density at radius 2 is 2.25 bits per heavy atom. The fourth-order valence-corrected chi connectivity index (χ4v) is 2.77. The first-order valence-electron chi connectivity index (χ1n) is 7.43. The maximum Gasteiger partial charge on any atom is 0.340 e. The topological polar surface area (TPSA) is 41.6 Å². The molecule has 1 aliphatic rings. The molecule has 20 heavy (non-hydrogen) atoms. The summed E-state index contributed by atoms with van der Waals surface area (Å²) < 4.78 is 5.20. The lowest BCUT2D eigenvalue weighted by Gasteiger charge is -2.36. The Bertz CT molecular complexity index is 474. The van der Waals surface area contributed by atoms with E-state index in [0.29, 0.717) is 18.2 Å². The van der Waals surface area contributed by atoms with E-state index in [4.69, 9.17) is 4.74 Å². The molecule has 0 radical (unpaired) electrons. The monoisotopic (exact) mass is 276 g/mol. The molecular formula is C16H24N2O2. The van der Waals surface area contributed by atoms with Crippen LogP contribution in [0.3, 0.4) is 0 Å². The summed E-state index contributed by atoms with van der Waals surface area (Å²) >= 11 is 0. The summed E-state index contributed by atoms with van der Waals surface area (Å²) in [6, 6.07) is 6.39. The van der Waals surface area contributed by atoms with Gasteiger partial charge >= 0.3 is 5.97 Å². The third-order valence-electron chi connectivity index (χ3n) is 3.89. The van der Waals surface area contributed by atoms with Gasteiger partial charge in [0.15, 0.2) is 0 Å². The number of rotatable bonds is 4. The Labute approximate surface area is 121 Å². The van der Waals surface area contributed by atoms with Crippen molar-refractivity contribution in [3.05, 3.63) is 23.8 Å². The molecule has 0 amide bonds. The molecule has 0 saturated carbocycles. The van der Waals surface area contributed by atoms with Crippen LogP contribution in [0.25, 0.3) is 0 Å². The van der Waals surface area contributed by atoms with Crippen LogP contribution >= 0.6 is 0 Å². The van der Waals surface area contributed by atoms with Crippen molar-refractivity contribution in [2.75, 3.05) is 30.4 Å². The first-order chi connectivity index (χ1) is 9.67. The molecule has 2 rings (SSSR count). The second-order valence-electron chi connectivity index (χ2n) is 5.24. The number of ether oxygens (including phenoxy) is 1. The smallest absolute Gasteiger partial charge is 0.340 e. The largest absolute Gasteiger partial charge is 0.462 e. The second-order valence-corrected chi connectivity index (χ2v) is 5.24. The molecule has 1 atom stereocenters. The van der Waals surface area contributed by atoms with Gasteiger partial charge in [0.2, 0.25) is 0 Å². The molecule has 1 heterocycles. The molecule has 0 spiro atoms. The lowest BCUT2D eigenvalue weighted by Crippen LogP contribution is -2.38. The molecule has 1 aromatic rings. The molecule has 0 aromatic heterocycles. The van der Waals surface area contributed by atoms with Crippen LogP contribution in [0.5, 0.6) is 0 Å². The minimum Gasteiger partial charge on any atom is -0.462 e. The number of benzene rings is 1. The summed E-state index contributed by atoms with van der Waals surface area (Å²) in [6.07, 6.45) is 3.62. The molecule has 1 saturated heterocycles. The molecule has 0 bridgehead atoms. The highest BCUT2D eigenvalue weighted by Gasteiger charge is 2.24. The standard InChI is InChI=1S/C16H24N2O2/c1-4-20-16(19)14-11-13(17-3)8-9-15(14)18-10-6-5-7-12(18)2/h8-9,11-12,17H,4-7,10H2,1-3H3/t12-/m0/s1. The van der Waals surface area contributed by atoms with Crippen LogP contribution in [0.15, 0.2) is 18.2 Å². The van der Waals surface area contributed by atoms with Crippen LogP contribution < -0.4 is 10.2 Å². The summed E-state index contributed by atoms with van der Waals surface area (Å²) in [5, 5.41) is 3.08. The maximum absolute atomic E-state index is 12.2. The highest BCUT2D eigenvalue weighted by Crippen LogP contribution is 2.30. The van der Waals surface area contributed by atoms with E-state index in [2.05, 4.69) is 17.1 Å². The van der Waals surface area contributed by atoms with Crippen LogP contribution in [0.2, 0.25) is 0 Å². The average molecular weight is 276 g/mol. The van der Waals surface area contributed by atoms with E-state index < -0.39 is 0 Å². The normalized spacial score (nSPS) is 18.8. The van der Waals surface area contributed by atoms with Crippen molar-refractivity contribution < 1.29 is 9.53 Å². The van der Waals surface area contributed by atoms with Crippen LogP contribution in [0, 0.1) is 0 Å². The number of nitrogens with zero attached hydrogens (tertiary/aromatic N) is 1. The highest BCUT2D eigenvalue weighted by molar-refractivity contribution is 5.97. The van der Waals surface area contributed by atoms with Gasteiger partial charge in [-0.05, 0) is 51.3 Å². The summed E-state index contributed by atoms with van der Waals surface area (Å²) in [5.74, 6) is -0.239. The van der Waals surface area contributed by atoms with Crippen LogP contribution in [-0.2, 0) is 4.74 Å². The Kier molecular flexibility index (Phi) is 4.88. The van der Waals surface area contributed by atoms with Crippen molar-refractivity contribution >= 4 is 17.3 Å². The van der Waals surface area contributed by atoms with Crippen molar-refractivity contribution in [3.8, 4) is 0 Å². The van der Waals surface area contributed by atoms with Gasteiger partial charge in [-0.1, -0.05) is 0 Å². The zero-order chi connectivity index (χ0) is 14.5. The Balaban J connectivity index is 2.37. The van der Waals surface area contributed by atoms with E-state index in [0.717, 1.165) is 17.9 Å². The molecule has 1 fully saturated rings. The molecular weight excluding hydrogens is 252 g/mol. The number of hydrogen-bond donors (Lipinski definition) is 1. The Morgan fingerprint density at radius 3 is 2.90 bits per heavy atom. The SMILES string of the molecule is CCOC(=O)c1cc(NC)ccc1N1CCCC[C@@H]1C. The van der Waals surface area contributed by atoms with Crippen LogP contribution in [-0.4, -0.2) is 32.2 Å². The number of carbonyl (C=O) groups excluding carboxylic acids is 1. The van der Waals surface area contributed by atoms with Gasteiger partial charge in [0, 0.05) is 25.3 Å². The zero-order valence-corrected chi connectivity index (χ0v) is 12.6. The first-order valence-corrected chi connectivity index (χ1v) is 7.43. The van der Waals surface area contributed by atoms with Gasteiger partial charge in [0.05, 0.1) is 17.9 Å². The third kappa shape index (κ3) is 3.06. The maximum atomic E-state index is 12.2. The van der Waals surface area contributed by atoms with E-state index in [1.54, 1.807) is 0 Å². The van der Waals surface area contributed by atoms with E-state index in [-0.39, 0.29) is 5.97 Å². The van der Waals surface area contributed by atoms with Gasteiger partial charge in [0.25, 0.3) is 0 Å². The molecule has 1 aliphatic heterocycles. The third-order valence-corrected chi connectivity index (χ3v) is 3.89. The zero-order valence-electron chi connectivity index (χ0n) is 12.6. The molecule has 0 unspecified atom stereocenters. The van der Waals surface area contributed by atoms with Gasteiger partial charge in [-0.3, -0.25) is 0 Å². The molecule has 4 heteroatoms. The summed E-state index contributed by atoms with van der Waals surface area (Å²) in [7, 11) is 1.85. The van der Waals surface area contributed by atoms with E-state index in [1.165, 1.54) is 19.3 Å². The summed E-state index contributed by atoms with van der Waals surface area (Å²) in [5.41, 5.74) is 2.59. The number of hydrogen-bond acceptors (Lipinski definition) is 4. The summed E-state index contributed by atoms with van der Waals surface area (Å²) in [6.45, 7) is 5.47. The van der Waals surface area contributed by atoms with E-state index in [1.807, 2.05) is 32.2 Å². The van der Waals surface area contributed by atoms with Crippen molar-refractivity contribution in [2.45, 2.75) is 39.2 Å². The number of nitrogens with one attached hydrogen (secondary N) is 1. The molecule has 110 valence electrons. The van der Waals surface area contributed by atoms with Crippen molar-refractivity contribution in [2.24, 2.45) is 0 Å². The fraction of sp³-hybridized carbons (Fsp3) is 0.562. The minimum atomic E-state index is -0.239. The van der Waals surface area contributed by atoms with Crippen LogP contribution in [0.4, 0.5) is 11.4 Å². The van der Waals surface area contributed by atoms with Gasteiger partial charge in [-0.15, -0.1) is 0 Å². The molecule has 0 aliphatic carbocycles.